The largest absolute Gasteiger partial charge is 0.471 e. The van der Waals surface area contributed by atoms with Gasteiger partial charge in [-0.2, -0.15) is 5.10 Å². The first-order valence-electron chi connectivity index (χ1n) is 12.1. The van der Waals surface area contributed by atoms with Crippen molar-refractivity contribution in [2.24, 2.45) is 0 Å². The number of Topliss-reactive ketones (excluding diaryl/α,β-unsaturated/α-hetero) is 1. The maximum absolute atomic E-state index is 13.2. The predicted octanol–water partition coefficient (Wildman–Crippen LogP) is 2.47. The molecule has 0 saturated heterocycles. The first kappa shape index (κ1) is 29.9. The Morgan fingerprint density at radius 2 is 1.69 bits per heavy atom. The third kappa shape index (κ3) is 8.95. The van der Waals surface area contributed by atoms with Crippen LogP contribution in [-0.2, 0) is 31.8 Å². The highest BCUT2D eigenvalue weighted by molar-refractivity contribution is 7.46. The van der Waals surface area contributed by atoms with Gasteiger partial charge >= 0.3 is 13.8 Å². The highest BCUT2D eigenvalue weighted by Gasteiger charge is 2.26. The lowest BCUT2D eigenvalue weighted by Crippen LogP contribution is -2.41. The fraction of sp³-hybridized carbons (Fsp3) is 0.308. The second-order valence-electron chi connectivity index (χ2n) is 8.66. The summed E-state index contributed by atoms with van der Waals surface area (Å²) in [6, 6.07) is 17.7. The van der Waals surface area contributed by atoms with Crippen LogP contribution in [0.3, 0.4) is 0 Å². The molecule has 0 spiro atoms. The highest BCUT2D eigenvalue weighted by atomic mass is 31.2. The van der Waals surface area contributed by atoms with Gasteiger partial charge in [0.15, 0.2) is 18.6 Å². The zero-order valence-corrected chi connectivity index (χ0v) is 22.3. The molecule has 1 aromatic heterocycles. The van der Waals surface area contributed by atoms with Crippen molar-refractivity contribution in [3.05, 3.63) is 77.6 Å². The van der Waals surface area contributed by atoms with Crippen molar-refractivity contribution < 1.29 is 43.1 Å². The number of aromatic nitrogens is 2. The molecule has 1 amide bonds. The minimum atomic E-state index is -4.89. The Morgan fingerprint density at radius 3 is 2.28 bits per heavy atom. The molecule has 0 saturated carbocycles. The van der Waals surface area contributed by atoms with E-state index in [-0.39, 0.29) is 30.8 Å². The van der Waals surface area contributed by atoms with Crippen LogP contribution in [0, 0.1) is 0 Å². The number of ketones is 1. The van der Waals surface area contributed by atoms with E-state index in [9.17, 15) is 24.1 Å². The van der Waals surface area contributed by atoms with E-state index < -0.39 is 44.4 Å². The van der Waals surface area contributed by atoms with Gasteiger partial charge in [0.2, 0.25) is 0 Å². The molecule has 0 bridgehead atoms. The van der Waals surface area contributed by atoms with E-state index in [1.807, 2.05) is 54.6 Å². The molecule has 3 aromatic rings. The fourth-order valence-corrected chi connectivity index (χ4v) is 4.06. The minimum Gasteiger partial charge on any atom is -0.464 e. The minimum absolute atomic E-state index is 0.0699. The number of nitrogens with one attached hydrogen (secondary N) is 1. The number of carbonyl (C=O) groups is 3. The Kier molecular flexibility index (Phi) is 10.3. The number of benzene rings is 2. The summed E-state index contributed by atoms with van der Waals surface area (Å²) in [4.78, 5) is 55.2. The lowest BCUT2D eigenvalue weighted by atomic mass is 9.97. The monoisotopic (exact) mass is 559 g/mol. The van der Waals surface area contributed by atoms with E-state index in [1.54, 1.807) is 6.92 Å². The quantitative estimate of drug-likeness (QED) is 0.138. The molecular formula is C26H30N3O9P. The molecule has 12 nitrogen and oxygen atoms in total. The van der Waals surface area contributed by atoms with E-state index >= 15 is 0 Å². The van der Waals surface area contributed by atoms with Gasteiger partial charge in [-0.05, 0) is 30.0 Å². The Labute approximate surface area is 224 Å². The molecule has 1 heterocycles. The summed E-state index contributed by atoms with van der Waals surface area (Å²) in [5.41, 5.74) is 2.49. The van der Waals surface area contributed by atoms with Gasteiger partial charge < -0.3 is 24.9 Å². The van der Waals surface area contributed by atoms with Crippen molar-refractivity contribution in [3.63, 3.8) is 0 Å². The Bertz CT molecular complexity index is 1340. The van der Waals surface area contributed by atoms with Gasteiger partial charge in [-0.1, -0.05) is 54.6 Å². The van der Waals surface area contributed by atoms with Crippen molar-refractivity contribution in [3.8, 4) is 11.1 Å². The molecule has 2 aromatic carbocycles. The maximum Gasteiger partial charge on any atom is 0.471 e. The van der Waals surface area contributed by atoms with Crippen LogP contribution >= 0.6 is 7.82 Å². The number of nitrogens with zero attached hydrogens (tertiary/aromatic N) is 2. The van der Waals surface area contributed by atoms with Crippen LogP contribution in [0.1, 0.15) is 46.8 Å². The van der Waals surface area contributed by atoms with Gasteiger partial charge in [-0.15, -0.1) is 0 Å². The molecule has 0 aliphatic rings. The smallest absolute Gasteiger partial charge is 0.464 e. The van der Waals surface area contributed by atoms with Crippen LogP contribution in [0.15, 0.2) is 60.7 Å². The lowest BCUT2D eigenvalue weighted by Gasteiger charge is -2.21. The molecular weight excluding hydrogens is 529 g/mol. The average Bonchev–Trinajstić information content (AvgIpc) is 3.33. The number of ether oxygens (including phenoxy) is 1. The van der Waals surface area contributed by atoms with Crippen molar-refractivity contribution >= 4 is 25.5 Å². The van der Waals surface area contributed by atoms with Crippen LogP contribution in [-0.4, -0.2) is 61.1 Å². The molecule has 208 valence electrons. The number of phosphoric acid groups is 1. The topological polar surface area (TPSA) is 177 Å². The number of rotatable bonds is 13. The molecule has 3 rings (SSSR count). The third-order valence-electron chi connectivity index (χ3n) is 5.67. The Hall–Kier alpha value is -3.67. The summed E-state index contributed by atoms with van der Waals surface area (Å²) in [5, 5.41) is 17.0. The van der Waals surface area contributed by atoms with E-state index in [0.29, 0.717) is 0 Å². The molecule has 2 unspecified atom stereocenters. The lowest BCUT2D eigenvalue weighted by molar-refractivity contribution is -0.153. The van der Waals surface area contributed by atoms with Crippen LogP contribution in [0.25, 0.3) is 11.1 Å². The molecule has 13 heteroatoms. The first-order valence-corrected chi connectivity index (χ1v) is 13.6. The number of hydrogen-bond donors (Lipinski definition) is 4. The second-order valence-corrected chi connectivity index (χ2v) is 9.90. The maximum atomic E-state index is 13.2. The number of phosphoric ester groups is 1. The molecule has 0 aliphatic carbocycles. The summed E-state index contributed by atoms with van der Waals surface area (Å²) < 4.78 is 21.3. The van der Waals surface area contributed by atoms with Crippen molar-refractivity contribution in [2.45, 2.75) is 45.6 Å². The van der Waals surface area contributed by atoms with Gasteiger partial charge in [0.1, 0.15) is 11.4 Å². The predicted molar refractivity (Wildman–Crippen MR) is 139 cm³/mol. The summed E-state index contributed by atoms with van der Waals surface area (Å²) in [7, 11) is -4.89. The van der Waals surface area contributed by atoms with Crippen molar-refractivity contribution in [1.29, 1.82) is 0 Å². The zero-order chi connectivity index (χ0) is 28.6. The second kappa shape index (κ2) is 13.4. The molecule has 4 N–H and O–H groups in total. The number of hydrogen-bond acceptors (Lipinski definition) is 8. The van der Waals surface area contributed by atoms with Gasteiger partial charge in [0.05, 0.1) is 6.61 Å². The fourth-order valence-electron chi connectivity index (χ4n) is 3.81. The summed E-state index contributed by atoms with van der Waals surface area (Å²) >= 11 is 0. The average molecular weight is 560 g/mol. The number of carbonyl (C=O) groups excluding carboxylic acids is 3. The molecule has 39 heavy (non-hydrogen) atoms. The number of aliphatic hydroxyl groups is 1. The van der Waals surface area contributed by atoms with Crippen LogP contribution in [0.5, 0.6) is 0 Å². The number of amides is 1. The summed E-state index contributed by atoms with van der Waals surface area (Å²) in [5.74, 6) is -2.08. The molecule has 2 atom stereocenters. The first-order chi connectivity index (χ1) is 18.5. The van der Waals surface area contributed by atoms with Gasteiger partial charge in [-0.3, -0.25) is 14.1 Å². The van der Waals surface area contributed by atoms with E-state index in [0.717, 1.165) is 27.4 Å². The number of aliphatic hydroxyl groups excluding tert-OH is 1. The van der Waals surface area contributed by atoms with E-state index in [1.165, 1.54) is 6.92 Å². The Morgan fingerprint density at radius 1 is 1.05 bits per heavy atom. The normalized spacial score (nSPS) is 12.9. The van der Waals surface area contributed by atoms with E-state index in [2.05, 4.69) is 14.9 Å². The zero-order valence-electron chi connectivity index (χ0n) is 21.4. The van der Waals surface area contributed by atoms with Gasteiger partial charge in [-0.25, -0.2) is 14.0 Å². The molecule has 0 radical (unpaired) electrons. The summed E-state index contributed by atoms with van der Waals surface area (Å²) in [6.07, 6.45) is -1.48. The SMILES string of the molecule is CCOC(=O)C(O)CC(Cc1ccc(-c2ccccc2)cc1)NC(=O)c1cc(C(C)=O)nn1COP(=O)(O)O. The molecule has 0 fully saturated rings. The van der Waals surface area contributed by atoms with Crippen LogP contribution in [0.4, 0.5) is 0 Å². The number of esters is 1. The highest BCUT2D eigenvalue weighted by Crippen LogP contribution is 2.36. The third-order valence-corrected chi connectivity index (χ3v) is 6.12. The van der Waals surface area contributed by atoms with Crippen LogP contribution < -0.4 is 5.32 Å². The standard InChI is InChI=1S/C26H30N3O9P/c1-3-37-26(33)24(31)14-21(13-18-9-11-20(12-10-18)19-7-5-4-6-8-19)27-25(32)23-15-22(17(2)30)28-29(23)16-38-39(34,35)36/h4-12,15,21,24,31H,3,13-14,16H2,1-2H3,(H,27,32)(H2,34,35,36). The molecule has 0 aliphatic heterocycles. The van der Waals surface area contributed by atoms with Crippen LogP contribution in [0.2, 0.25) is 0 Å². The Balaban J connectivity index is 1.84. The van der Waals surface area contributed by atoms with Gasteiger partial charge in [0.25, 0.3) is 5.91 Å². The van der Waals surface area contributed by atoms with E-state index in [4.69, 9.17) is 14.5 Å². The summed E-state index contributed by atoms with van der Waals surface area (Å²) in [6.45, 7) is 2.10. The van der Waals surface area contributed by atoms with Crippen molar-refractivity contribution in [2.75, 3.05) is 6.61 Å². The van der Waals surface area contributed by atoms with Gasteiger partial charge in [0, 0.05) is 25.5 Å². The van der Waals surface area contributed by atoms with Crippen molar-refractivity contribution in [1.82, 2.24) is 15.1 Å².